The summed E-state index contributed by atoms with van der Waals surface area (Å²) in [6.07, 6.45) is -0.532. The van der Waals surface area contributed by atoms with Crippen LogP contribution in [0.2, 0.25) is 0 Å². The van der Waals surface area contributed by atoms with Crippen molar-refractivity contribution in [2.24, 2.45) is 0 Å². The summed E-state index contributed by atoms with van der Waals surface area (Å²) >= 11 is 0. The van der Waals surface area contributed by atoms with Crippen LogP contribution in [0.15, 0.2) is 42.5 Å². The molecule has 2 aromatic rings. The molecule has 0 heterocycles. The maximum absolute atomic E-state index is 10.4. The van der Waals surface area contributed by atoms with Crippen LogP contribution >= 0.6 is 0 Å². The molecule has 0 radical (unpaired) electrons. The molecule has 1 atom stereocenters. The normalized spacial score (nSPS) is 12.5. The Labute approximate surface area is 103 Å². The number of aliphatic hydroxyl groups excluding tert-OH is 1. The summed E-state index contributed by atoms with van der Waals surface area (Å²) in [5.41, 5.74) is 5.66. The van der Waals surface area contributed by atoms with Crippen LogP contribution in [-0.4, -0.2) is 5.11 Å². The molecule has 0 aliphatic heterocycles. The molecule has 2 aromatic carbocycles. The van der Waals surface area contributed by atoms with Crippen LogP contribution in [0.4, 0.5) is 0 Å². The molecule has 1 nitrogen and oxygen atoms in total. The second-order valence-electron chi connectivity index (χ2n) is 4.53. The van der Waals surface area contributed by atoms with Crippen molar-refractivity contribution in [2.45, 2.75) is 26.9 Å². The number of aryl methyl sites for hydroxylation is 1. The van der Waals surface area contributed by atoms with E-state index in [4.69, 9.17) is 0 Å². The first-order valence-corrected chi connectivity index (χ1v) is 5.91. The number of benzene rings is 2. The molecule has 1 heteroatoms. The Kier molecular flexibility index (Phi) is 3.30. The van der Waals surface area contributed by atoms with E-state index >= 15 is 0 Å². The molecule has 0 saturated carbocycles. The summed E-state index contributed by atoms with van der Waals surface area (Å²) in [5.74, 6) is 0. The zero-order valence-corrected chi connectivity index (χ0v) is 10.6. The average molecular weight is 226 g/mol. The second-order valence-corrected chi connectivity index (χ2v) is 4.53. The number of rotatable bonds is 2. The molecule has 0 amide bonds. The summed E-state index contributed by atoms with van der Waals surface area (Å²) in [7, 11) is 0. The van der Waals surface area contributed by atoms with Crippen LogP contribution in [0, 0.1) is 20.8 Å². The highest BCUT2D eigenvalue weighted by molar-refractivity contribution is 5.42. The average Bonchev–Trinajstić information content (AvgIpc) is 2.36. The summed E-state index contributed by atoms with van der Waals surface area (Å²) in [5, 5.41) is 10.4. The van der Waals surface area contributed by atoms with Crippen molar-refractivity contribution in [1.29, 1.82) is 0 Å². The molecule has 0 aliphatic rings. The van der Waals surface area contributed by atoms with Gasteiger partial charge in [0.2, 0.25) is 0 Å². The molecule has 1 unspecified atom stereocenters. The van der Waals surface area contributed by atoms with Gasteiger partial charge in [0.25, 0.3) is 0 Å². The largest absolute Gasteiger partial charge is 0.384 e. The van der Waals surface area contributed by atoms with E-state index in [0.717, 1.165) is 11.1 Å². The SMILES string of the molecule is Cc1ccc(C(O)c2ccccc2)c(C)c1C. The molecular weight excluding hydrogens is 208 g/mol. The Morgan fingerprint density at radius 2 is 1.47 bits per heavy atom. The van der Waals surface area contributed by atoms with E-state index in [0.29, 0.717) is 0 Å². The molecule has 1 N–H and O–H groups in total. The summed E-state index contributed by atoms with van der Waals surface area (Å²) < 4.78 is 0. The van der Waals surface area contributed by atoms with Crippen molar-refractivity contribution in [1.82, 2.24) is 0 Å². The highest BCUT2D eigenvalue weighted by Gasteiger charge is 2.14. The van der Waals surface area contributed by atoms with Crippen molar-refractivity contribution >= 4 is 0 Å². The topological polar surface area (TPSA) is 20.2 Å². The van der Waals surface area contributed by atoms with Crippen molar-refractivity contribution < 1.29 is 5.11 Å². The van der Waals surface area contributed by atoms with E-state index < -0.39 is 6.10 Å². The molecule has 0 aromatic heterocycles. The number of hydrogen-bond acceptors (Lipinski definition) is 1. The van der Waals surface area contributed by atoms with Gasteiger partial charge in [0.1, 0.15) is 6.10 Å². The van der Waals surface area contributed by atoms with E-state index in [9.17, 15) is 5.11 Å². The van der Waals surface area contributed by atoms with E-state index in [1.165, 1.54) is 16.7 Å². The van der Waals surface area contributed by atoms with Gasteiger partial charge in [-0.3, -0.25) is 0 Å². The third-order valence-electron chi connectivity index (χ3n) is 3.51. The van der Waals surface area contributed by atoms with Gasteiger partial charge < -0.3 is 5.11 Å². The standard InChI is InChI=1S/C16H18O/c1-11-9-10-15(13(3)12(11)2)16(17)14-7-5-4-6-8-14/h4-10,16-17H,1-3H3. The predicted molar refractivity (Wildman–Crippen MR) is 71.2 cm³/mol. The minimum atomic E-state index is -0.532. The first kappa shape index (κ1) is 11.9. The highest BCUT2D eigenvalue weighted by atomic mass is 16.3. The van der Waals surface area contributed by atoms with Crippen molar-refractivity contribution in [3.05, 3.63) is 70.3 Å². The lowest BCUT2D eigenvalue weighted by molar-refractivity contribution is 0.219. The first-order valence-electron chi connectivity index (χ1n) is 5.91. The van der Waals surface area contributed by atoms with Crippen LogP contribution in [0.5, 0.6) is 0 Å². The molecule has 0 bridgehead atoms. The van der Waals surface area contributed by atoms with Gasteiger partial charge in [-0.2, -0.15) is 0 Å². The predicted octanol–water partition coefficient (Wildman–Crippen LogP) is 3.69. The lowest BCUT2D eigenvalue weighted by atomic mass is 9.92. The van der Waals surface area contributed by atoms with Crippen molar-refractivity contribution in [3.63, 3.8) is 0 Å². The summed E-state index contributed by atoms with van der Waals surface area (Å²) in [6, 6.07) is 13.9. The fraction of sp³-hybridized carbons (Fsp3) is 0.250. The Bertz CT molecular complexity index is 515. The van der Waals surface area contributed by atoms with Crippen molar-refractivity contribution in [3.8, 4) is 0 Å². The third-order valence-corrected chi connectivity index (χ3v) is 3.51. The van der Waals surface area contributed by atoms with Crippen molar-refractivity contribution in [2.75, 3.05) is 0 Å². The molecule has 0 saturated heterocycles. The van der Waals surface area contributed by atoms with Gasteiger partial charge >= 0.3 is 0 Å². The van der Waals surface area contributed by atoms with E-state index in [2.05, 4.69) is 26.8 Å². The van der Waals surface area contributed by atoms with Gasteiger partial charge in [-0.25, -0.2) is 0 Å². The Hall–Kier alpha value is -1.60. The molecule has 0 fully saturated rings. The van der Waals surface area contributed by atoms with Crippen LogP contribution in [0.1, 0.15) is 33.9 Å². The van der Waals surface area contributed by atoms with Gasteiger partial charge in [-0.05, 0) is 48.6 Å². The lowest BCUT2D eigenvalue weighted by Gasteiger charge is -2.17. The summed E-state index contributed by atoms with van der Waals surface area (Å²) in [6.45, 7) is 6.27. The van der Waals surface area contributed by atoms with E-state index in [1.54, 1.807) is 0 Å². The molecule has 88 valence electrons. The molecule has 2 rings (SSSR count). The fourth-order valence-corrected chi connectivity index (χ4v) is 2.09. The maximum atomic E-state index is 10.4. The third kappa shape index (κ3) is 2.25. The zero-order chi connectivity index (χ0) is 12.4. The van der Waals surface area contributed by atoms with Gasteiger partial charge in [0.15, 0.2) is 0 Å². The van der Waals surface area contributed by atoms with Crippen LogP contribution in [-0.2, 0) is 0 Å². The lowest BCUT2D eigenvalue weighted by Crippen LogP contribution is -2.03. The summed E-state index contributed by atoms with van der Waals surface area (Å²) in [4.78, 5) is 0. The van der Waals surface area contributed by atoms with Gasteiger partial charge in [0, 0.05) is 0 Å². The maximum Gasteiger partial charge on any atom is 0.104 e. The van der Waals surface area contributed by atoms with E-state index in [1.807, 2.05) is 36.4 Å². The van der Waals surface area contributed by atoms with Gasteiger partial charge in [-0.1, -0.05) is 42.5 Å². The Morgan fingerprint density at radius 1 is 0.824 bits per heavy atom. The Morgan fingerprint density at radius 3 is 2.12 bits per heavy atom. The quantitative estimate of drug-likeness (QED) is 0.828. The molecule has 0 aliphatic carbocycles. The van der Waals surface area contributed by atoms with Gasteiger partial charge in [0.05, 0.1) is 0 Å². The smallest absolute Gasteiger partial charge is 0.104 e. The van der Waals surface area contributed by atoms with E-state index in [-0.39, 0.29) is 0 Å². The van der Waals surface area contributed by atoms with Gasteiger partial charge in [-0.15, -0.1) is 0 Å². The van der Waals surface area contributed by atoms with Crippen LogP contribution in [0.25, 0.3) is 0 Å². The van der Waals surface area contributed by atoms with Crippen LogP contribution < -0.4 is 0 Å². The minimum Gasteiger partial charge on any atom is -0.384 e. The molecule has 17 heavy (non-hydrogen) atoms. The minimum absolute atomic E-state index is 0.532. The first-order chi connectivity index (χ1) is 8.11. The zero-order valence-electron chi connectivity index (χ0n) is 10.6. The number of aliphatic hydroxyl groups is 1. The van der Waals surface area contributed by atoms with Crippen LogP contribution in [0.3, 0.4) is 0 Å². The highest BCUT2D eigenvalue weighted by Crippen LogP contribution is 2.27. The monoisotopic (exact) mass is 226 g/mol. The number of hydrogen-bond donors (Lipinski definition) is 1. The Balaban J connectivity index is 2.45. The molecular formula is C16H18O. The fourth-order valence-electron chi connectivity index (χ4n) is 2.09. The second kappa shape index (κ2) is 4.72. The molecule has 0 spiro atoms.